The number of benzene rings is 1. The zero-order valence-electron chi connectivity index (χ0n) is 13.9. The van der Waals surface area contributed by atoms with Gasteiger partial charge in [0, 0.05) is 12.1 Å². The summed E-state index contributed by atoms with van der Waals surface area (Å²) in [5, 5.41) is 0. The topological polar surface area (TPSA) is 55.8 Å². The molecule has 0 aromatic heterocycles. The largest absolute Gasteiger partial charge is 0.457 e. The highest BCUT2D eigenvalue weighted by molar-refractivity contribution is 5.93. The molecule has 23 heavy (non-hydrogen) atoms. The van der Waals surface area contributed by atoms with Crippen molar-refractivity contribution in [1.82, 2.24) is 4.90 Å². The third-order valence-electron chi connectivity index (χ3n) is 4.22. The van der Waals surface area contributed by atoms with Crippen LogP contribution in [0.1, 0.15) is 67.6 Å². The molecule has 2 heterocycles. The molecule has 2 aliphatic heterocycles. The fourth-order valence-corrected chi connectivity index (χ4v) is 3.18. The molecule has 5 heteroatoms. The number of ether oxygens (including phenoxy) is 2. The fraction of sp³-hybridized carbons (Fsp3) is 0.556. The number of likely N-dealkylation sites (tertiary alicyclic amines) is 1. The molecule has 3 rings (SSSR count). The first-order chi connectivity index (χ1) is 10.8. The molecule has 0 bridgehead atoms. The van der Waals surface area contributed by atoms with Crippen molar-refractivity contribution in [2.75, 3.05) is 6.54 Å². The van der Waals surface area contributed by atoms with Gasteiger partial charge in [0.05, 0.1) is 11.6 Å². The van der Waals surface area contributed by atoms with Gasteiger partial charge in [-0.1, -0.05) is 6.07 Å². The van der Waals surface area contributed by atoms with E-state index in [0.29, 0.717) is 18.7 Å². The highest BCUT2D eigenvalue weighted by Crippen LogP contribution is 2.34. The van der Waals surface area contributed by atoms with Crippen LogP contribution in [0.3, 0.4) is 0 Å². The van der Waals surface area contributed by atoms with Gasteiger partial charge in [-0.25, -0.2) is 9.59 Å². The molecule has 1 aromatic rings. The molecule has 2 aliphatic rings. The Morgan fingerprint density at radius 3 is 2.83 bits per heavy atom. The van der Waals surface area contributed by atoms with Gasteiger partial charge in [-0.15, -0.1) is 0 Å². The first kappa shape index (κ1) is 15.8. The van der Waals surface area contributed by atoms with Crippen molar-refractivity contribution >= 4 is 12.1 Å². The normalized spacial score (nSPS) is 20.9. The van der Waals surface area contributed by atoms with Gasteiger partial charge in [-0.3, -0.25) is 0 Å². The Balaban J connectivity index is 1.84. The van der Waals surface area contributed by atoms with E-state index >= 15 is 0 Å². The maximum Gasteiger partial charge on any atom is 0.410 e. The van der Waals surface area contributed by atoms with Crippen LogP contribution < -0.4 is 0 Å². The van der Waals surface area contributed by atoms with Crippen LogP contribution in [0.15, 0.2) is 18.2 Å². The zero-order chi connectivity index (χ0) is 16.6. The number of carbonyl (C=O) groups excluding carboxylic acids is 2. The average molecular weight is 317 g/mol. The molecule has 0 N–H and O–H groups in total. The molecule has 1 amide bonds. The summed E-state index contributed by atoms with van der Waals surface area (Å²) in [6, 6.07) is 5.73. The third kappa shape index (κ3) is 3.33. The zero-order valence-corrected chi connectivity index (χ0v) is 13.9. The predicted molar refractivity (Wildman–Crippen MR) is 85.1 cm³/mol. The van der Waals surface area contributed by atoms with Gasteiger partial charge >= 0.3 is 12.1 Å². The van der Waals surface area contributed by atoms with E-state index in [4.69, 9.17) is 9.47 Å². The molecule has 5 nitrogen and oxygen atoms in total. The van der Waals surface area contributed by atoms with Gasteiger partial charge in [0.25, 0.3) is 0 Å². The minimum atomic E-state index is -0.503. The minimum absolute atomic E-state index is 0.000368. The number of amides is 1. The van der Waals surface area contributed by atoms with Gasteiger partial charge in [0.1, 0.15) is 12.2 Å². The summed E-state index contributed by atoms with van der Waals surface area (Å²) in [7, 11) is 0. The Bertz CT molecular complexity index is 632. The van der Waals surface area contributed by atoms with Crippen molar-refractivity contribution in [2.24, 2.45) is 0 Å². The van der Waals surface area contributed by atoms with Gasteiger partial charge in [-0.05, 0) is 57.7 Å². The summed E-state index contributed by atoms with van der Waals surface area (Å²) in [5.41, 5.74) is 2.08. The first-order valence-corrected chi connectivity index (χ1v) is 8.15. The lowest BCUT2D eigenvalue weighted by Gasteiger charge is -2.37. The number of fused-ring (bicyclic) bond motifs is 1. The first-order valence-electron chi connectivity index (χ1n) is 8.15. The summed E-state index contributed by atoms with van der Waals surface area (Å²) in [4.78, 5) is 25.9. The van der Waals surface area contributed by atoms with Crippen molar-refractivity contribution in [3.05, 3.63) is 34.9 Å². The Morgan fingerprint density at radius 1 is 1.30 bits per heavy atom. The number of cyclic esters (lactones) is 1. The van der Waals surface area contributed by atoms with Crippen LogP contribution in [0, 0.1) is 0 Å². The van der Waals surface area contributed by atoms with Crippen LogP contribution in [-0.2, 0) is 16.1 Å². The van der Waals surface area contributed by atoms with Crippen LogP contribution in [0.4, 0.5) is 4.79 Å². The lowest BCUT2D eigenvalue weighted by atomic mass is 9.93. The summed E-state index contributed by atoms with van der Waals surface area (Å²) in [5.74, 6) is -0.265. The molecule has 0 saturated carbocycles. The van der Waals surface area contributed by atoms with Crippen molar-refractivity contribution in [2.45, 2.75) is 58.3 Å². The third-order valence-corrected chi connectivity index (χ3v) is 4.22. The summed E-state index contributed by atoms with van der Waals surface area (Å²) < 4.78 is 10.6. The molecular formula is C18H23NO4. The molecule has 1 unspecified atom stereocenters. The summed E-state index contributed by atoms with van der Waals surface area (Å²) in [6.07, 6.45) is 2.71. The van der Waals surface area contributed by atoms with Crippen molar-refractivity contribution in [3.8, 4) is 0 Å². The molecular weight excluding hydrogens is 294 g/mol. The van der Waals surface area contributed by atoms with Gasteiger partial charge < -0.3 is 14.4 Å². The predicted octanol–water partition coefficient (Wildman–Crippen LogP) is 3.82. The van der Waals surface area contributed by atoms with E-state index in [2.05, 4.69) is 0 Å². The molecule has 0 radical (unpaired) electrons. The maximum absolute atomic E-state index is 12.5. The number of hydrogen-bond acceptors (Lipinski definition) is 4. The maximum atomic E-state index is 12.5. The van der Waals surface area contributed by atoms with E-state index in [1.54, 1.807) is 0 Å². The Labute approximate surface area is 136 Å². The highest BCUT2D eigenvalue weighted by Gasteiger charge is 2.32. The second kappa shape index (κ2) is 5.87. The van der Waals surface area contributed by atoms with Crippen LogP contribution in [-0.4, -0.2) is 29.1 Å². The average Bonchev–Trinajstić information content (AvgIpc) is 2.86. The second-order valence-corrected chi connectivity index (χ2v) is 7.18. The standard InChI is InChI=1S/C18H23NO4/c1-18(2,3)23-17(21)19-9-5-4-6-15(19)12-7-8-14-13(10-12)11-22-16(14)20/h7-8,10,15H,4-6,9,11H2,1-3H3. The van der Waals surface area contributed by atoms with Crippen molar-refractivity contribution in [3.63, 3.8) is 0 Å². The van der Waals surface area contributed by atoms with Crippen molar-refractivity contribution in [1.29, 1.82) is 0 Å². The van der Waals surface area contributed by atoms with Crippen LogP contribution in [0.25, 0.3) is 0 Å². The summed E-state index contributed by atoms with van der Waals surface area (Å²) >= 11 is 0. The number of piperidine rings is 1. The Hall–Kier alpha value is -2.04. The molecule has 124 valence electrons. The van der Waals surface area contributed by atoms with Crippen LogP contribution in [0.5, 0.6) is 0 Å². The Morgan fingerprint density at radius 2 is 2.09 bits per heavy atom. The number of hydrogen-bond donors (Lipinski definition) is 0. The Kier molecular flexibility index (Phi) is 4.04. The van der Waals surface area contributed by atoms with Crippen LogP contribution in [0.2, 0.25) is 0 Å². The molecule has 0 spiro atoms. The number of rotatable bonds is 1. The number of nitrogens with zero attached hydrogens (tertiary/aromatic N) is 1. The van der Waals surface area contributed by atoms with Gasteiger partial charge in [-0.2, -0.15) is 0 Å². The summed E-state index contributed by atoms with van der Waals surface area (Å²) in [6.45, 7) is 6.65. The van der Waals surface area contributed by atoms with E-state index in [0.717, 1.165) is 30.4 Å². The van der Waals surface area contributed by atoms with Crippen molar-refractivity contribution < 1.29 is 19.1 Å². The van der Waals surface area contributed by atoms with E-state index in [-0.39, 0.29) is 18.1 Å². The number of esters is 1. The molecule has 1 saturated heterocycles. The van der Waals surface area contributed by atoms with Crippen LogP contribution >= 0.6 is 0 Å². The number of carbonyl (C=O) groups is 2. The monoisotopic (exact) mass is 317 g/mol. The van der Waals surface area contributed by atoms with E-state index in [1.807, 2.05) is 43.9 Å². The van der Waals surface area contributed by atoms with E-state index in [9.17, 15) is 9.59 Å². The second-order valence-electron chi connectivity index (χ2n) is 7.18. The molecule has 1 aromatic carbocycles. The van der Waals surface area contributed by atoms with Gasteiger partial charge in [0.15, 0.2) is 0 Å². The lowest BCUT2D eigenvalue weighted by molar-refractivity contribution is 0.00949. The quantitative estimate of drug-likeness (QED) is 0.739. The van der Waals surface area contributed by atoms with E-state index in [1.165, 1.54) is 0 Å². The van der Waals surface area contributed by atoms with Gasteiger partial charge in [0.2, 0.25) is 0 Å². The molecule has 1 fully saturated rings. The highest BCUT2D eigenvalue weighted by atomic mass is 16.6. The minimum Gasteiger partial charge on any atom is -0.457 e. The smallest absolute Gasteiger partial charge is 0.410 e. The molecule has 0 aliphatic carbocycles. The lowest BCUT2D eigenvalue weighted by Crippen LogP contribution is -2.41. The molecule has 1 atom stereocenters. The SMILES string of the molecule is CC(C)(C)OC(=O)N1CCCCC1c1ccc2c(c1)COC2=O. The van der Waals surface area contributed by atoms with E-state index < -0.39 is 5.60 Å². The fourth-order valence-electron chi connectivity index (χ4n) is 3.18.